The van der Waals surface area contributed by atoms with Gasteiger partial charge in [-0.1, -0.05) is 6.07 Å². The fourth-order valence-electron chi connectivity index (χ4n) is 1.56. The van der Waals surface area contributed by atoms with Gasteiger partial charge in [-0.15, -0.1) is 0 Å². The minimum Gasteiger partial charge on any atom is -0.393 e. The molecular formula is C11H17N3O3. The third kappa shape index (κ3) is 3.32. The standard InChI is InChI=1S/C11H17N3O3/c1-8(15)6-7-13(2)10-5-3-4-9(12)11(10)14(16)17/h3-5,8,15H,6-7,12H2,1-2H3. The van der Waals surface area contributed by atoms with Crippen molar-refractivity contribution in [1.29, 1.82) is 0 Å². The smallest absolute Gasteiger partial charge is 0.315 e. The molecule has 0 aliphatic heterocycles. The van der Waals surface area contributed by atoms with Gasteiger partial charge < -0.3 is 15.7 Å². The van der Waals surface area contributed by atoms with Gasteiger partial charge in [0.1, 0.15) is 11.4 Å². The first-order valence-electron chi connectivity index (χ1n) is 5.35. The first kappa shape index (κ1) is 13.2. The van der Waals surface area contributed by atoms with Crippen LogP contribution < -0.4 is 10.6 Å². The van der Waals surface area contributed by atoms with Crippen LogP contribution >= 0.6 is 0 Å². The van der Waals surface area contributed by atoms with Crippen LogP contribution in [-0.2, 0) is 0 Å². The van der Waals surface area contributed by atoms with Gasteiger partial charge in [-0.25, -0.2) is 0 Å². The zero-order valence-electron chi connectivity index (χ0n) is 9.96. The molecule has 0 aliphatic carbocycles. The third-order valence-electron chi connectivity index (χ3n) is 2.52. The lowest BCUT2D eigenvalue weighted by atomic mass is 10.2. The molecule has 3 N–H and O–H groups in total. The maximum atomic E-state index is 10.9. The number of nitrogens with zero attached hydrogens (tertiary/aromatic N) is 2. The van der Waals surface area contributed by atoms with E-state index in [-0.39, 0.29) is 11.4 Å². The van der Waals surface area contributed by atoms with Crippen LogP contribution in [0.15, 0.2) is 18.2 Å². The van der Waals surface area contributed by atoms with Crippen molar-refractivity contribution in [3.8, 4) is 0 Å². The fraction of sp³-hybridized carbons (Fsp3) is 0.455. The molecule has 94 valence electrons. The Kier molecular flexibility index (Phi) is 4.28. The molecule has 1 atom stereocenters. The Labute approximate surface area is 99.8 Å². The van der Waals surface area contributed by atoms with Gasteiger partial charge in [0.05, 0.1) is 11.0 Å². The van der Waals surface area contributed by atoms with E-state index in [0.29, 0.717) is 18.7 Å². The molecule has 6 heteroatoms. The number of benzene rings is 1. The Morgan fingerprint density at radius 1 is 1.59 bits per heavy atom. The molecule has 6 nitrogen and oxygen atoms in total. The lowest BCUT2D eigenvalue weighted by Crippen LogP contribution is -2.22. The molecule has 0 spiro atoms. The van der Waals surface area contributed by atoms with E-state index in [2.05, 4.69) is 0 Å². The Morgan fingerprint density at radius 2 is 2.24 bits per heavy atom. The summed E-state index contributed by atoms with van der Waals surface area (Å²) >= 11 is 0. The van der Waals surface area contributed by atoms with Crippen molar-refractivity contribution in [2.75, 3.05) is 24.2 Å². The van der Waals surface area contributed by atoms with Crippen LogP contribution in [0.25, 0.3) is 0 Å². The summed E-state index contributed by atoms with van der Waals surface area (Å²) in [5.74, 6) is 0. The van der Waals surface area contributed by atoms with Crippen LogP contribution in [0.4, 0.5) is 17.1 Å². The number of hydrogen-bond donors (Lipinski definition) is 2. The van der Waals surface area contributed by atoms with Crippen molar-refractivity contribution >= 4 is 17.1 Å². The van der Waals surface area contributed by atoms with E-state index in [1.165, 1.54) is 6.07 Å². The van der Waals surface area contributed by atoms with Crippen molar-refractivity contribution < 1.29 is 10.0 Å². The van der Waals surface area contributed by atoms with Crippen LogP contribution in [0.2, 0.25) is 0 Å². The molecule has 1 aromatic rings. The minimum absolute atomic E-state index is 0.0828. The highest BCUT2D eigenvalue weighted by Gasteiger charge is 2.20. The Hall–Kier alpha value is -1.82. The summed E-state index contributed by atoms with van der Waals surface area (Å²) in [6.07, 6.45) is 0.111. The van der Waals surface area contributed by atoms with E-state index >= 15 is 0 Å². The number of nitrogen functional groups attached to an aromatic ring is 1. The van der Waals surface area contributed by atoms with E-state index in [9.17, 15) is 15.2 Å². The molecule has 17 heavy (non-hydrogen) atoms. The number of para-hydroxylation sites is 1. The number of nitrogens with two attached hydrogens (primary N) is 1. The van der Waals surface area contributed by atoms with Crippen molar-refractivity contribution in [3.63, 3.8) is 0 Å². The maximum Gasteiger partial charge on any atom is 0.315 e. The first-order valence-corrected chi connectivity index (χ1v) is 5.35. The molecule has 0 aromatic heterocycles. The molecule has 0 bridgehead atoms. The van der Waals surface area contributed by atoms with Gasteiger partial charge in [0.2, 0.25) is 0 Å². The van der Waals surface area contributed by atoms with Gasteiger partial charge in [-0.3, -0.25) is 10.1 Å². The summed E-state index contributed by atoms with van der Waals surface area (Å²) in [5, 5.41) is 20.1. The number of aliphatic hydroxyl groups excluding tert-OH is 1. The highest BCUT2D eigenvalue weighted by atomic mass is 16.6. The van der Waals surface area contributed by atoms with Gasteiger partial charge in [0.25, 0.3) is 0 Å². The predicted octanol–water partition coefficient (Wildman–Crippen LogP) is 1.38. The molecule has 0 fully saturated rings. The summed E-state index contributed by atoms with van der Waals surface area (Å²) in [7, 11) is 1.74. The van der Waals surface area contributed by atoms with E-state index in [0.717, 1.165) is 0 Å². The van der Waals surface area contributed by atoms with E-state index in [1.54, 1.807) is 31.0 Å². The van der Waals surface area contributed by atoms with Crippen LogP contribution in [0.5, 0.6) is 0 Å². The van der Waals surface area contributed by atoms with E-state index < -0.39 is 11.0 Å². The summed E-state index contributed by atoms with van der Waals surface area (Å²) in [6, 6.07) is 4.83. The van der Waals surface area contributed by atoms with E-state index in [4.69, 9.17) is 5.73 Å². The van der Waals surface area contributed by atoms with Crippen LogP contribution in [0.3, 0.4) is 0 Å². The predicted molar refractivity (Wildman–Crippen MR) is 67.1 cm³/mol. The molecule has 0 heterocycles. The highest BCUT2D eigenvalue weighted by molar-refractivity contribution is 5.75. The van der Waals surface area contributed by atoms with Crippen molar-refractivity contribution in [1.82, 2.24) is 0 Å². The monoisotopic (exact) mass is 239 g/mol. The lowest BCUT2D eigenvalue weighted by molar-refractivity contribution is -0.383. The molecular weight excluding hydrogens is 222 g/mol. The summed E-state index contributed by atoms with van der Waals surface area (Å²) in [6.45, 7) is 2.21. The molecule has 1 rings (SSSR count). The van der Waals surface area contributed by atoms with Crippen molar-refractivity contribution in [2.24, 2.45) is 0 Å². The number of anilines is 2. The summed E-state index contributed by atoms with van der Waals surface area (Å²) < 4.78 is 0. The van der Waals surface area contributed by atoms with Gasteiger partial charge in [-0.05, 0) is 25.5 Å². The van der Waals surface area contributed by atoms with E-state index in [1.807, 2.05) is 0 Å². The second-order valence-electron chi connectivity index (χ2n) is 4.03. The van der Waals surface area contributed by atoms with Gasteiger partial charge in [0.15, 0.2) is 0 Å². The van der Waals surface area contributed by atoms with Crippen LogP contribution in [0, 0.1) is 10.1 Å². The molecule has 0 radical (unpaired) electrons. The number of rotatable bonds is 5. The first-order chi connectivity index (χ1) is 7.93. The maximum absolute atomic E-state index is 10.9. The Bertz CT molecular complexity index is 407. The van der Waals surface area contributed by atoms with Crippen LogP contribution in [0.1, 0.15) is 13.3 Å². The minimum atomic E-state index is -0.483. The third-order valence-corrected chi connectivity index (χ3v) is 2.52. The zero-order valence-corrected chi connectivity index (χ0v) is 9.96. The Balaban J connectivity index is 2.96. The fourth-order valence-corrected chi connectivity index (χ4v) is 1.56. The highest BCUT2D eigenvalue weighted by Crippen LogP contribution is 2.32. The summed E-state index contributed by atoms with van der Waals surface area (Å²) in [5.41, 5.74) is 6.13. The van der Waals surface area contributed by atoms with Gasteiger partial charge in [0, 0.05) is 13.6 Å². The molecule has 1 unspecified atom stereocenters. The second kappa shape index (κ2) is 5.49. The lowest BCUT2D eigenvalue weighted by Gasteiger charge is -2.20. The van der Waals surface area contributed by atoms with Crippen molar-refractivity contribution in [3.05, 3.63) is 28.3 Å². The number of hydrogen-bond acceptors (Lipinski definition) is 5. The molecule has 0 amide bonds. The van der Waals surface area contributed by atoms with Gasteiger partial charge >= 0.3 is 5.69 Å². The summed E-state index contributed by atoms with van der Waals surface area (Å²) in [4.78, 5) is 12.2. The average molecular weight is 239 g/mol. The van der Waals surface area contributed by atoms with Crippen LogP contribution in [-0.4, -0.2) is 29.7 Å². The normalized spacial score (nSPS) is 12.2. The Morgan fingerprint density at radius 3 is 2.76 bits per heavy atom. The number of nitro benzene ring substituents is 1. The topological polar surface area (TPSA) is 92.6 Å². The zero-order chi connectivity index (χ0) is 13.0. The number of aliphatic hydroxyl groups is 1. The number of nitro groups is 1. The van der Waals surface area contributed by atoms with Crippen molar-refractivity contribution in [2.45, 2.75) is 19.4 Å². The largest absolute Gasteiger partial charge is 0.393 e. The quantitative estimate of drug-likeness (QED) is 0.460. The SMILES string of the molecule is CC(O)CCN(C)c1cccc(N)c1[N+](=O)[O-]. The average Bonchev–Trinajstić information content (AvgIpc) is 2.24. The molecule has 0 aliphatic rings. The molecule has 0 saturated heterocycles. The second-order valence-corrected chi connectivity index (χ2v) is 4.03. The van der Waals surface area contributed by atoms with Gasteiger partial charge in [-0.2, -0.15) is 0 Å². The molecule has 0 saturated carbocycles. The molecule has 1 aromatic carbocycles.